The molecule has 0 unspecified atom stereocenters. The Balaban J connectivity index is 2.88. The van der Waals surface area contributed by atoms with Crippen LogP contribution in [0.5, 0.6) is 0 Å². The van der Waals surface area contributed by atoms with E-state index in [2.05, 4.69) is 5.32 Å². The van der Waals surface area contributed by atoms with E-state index >= 15 is 0 Å². The largest absolute Gasteiger partial charge is 0.478 e. The maximum Gasteiger partial charge on any atom is 0.335 e. The molecule has 63 valence electrons. The Bertz CT molecular complexity index is 284. The van der Waals surface area contributed by atoms with Crippen LogP contribution >= 0.6 is 0 Å². The molecule has 0 spiro atoms. The van der Waals surface area contributed by atoms with Crippen molar-refractivity contribution in [1.29, 1.82) is 0 Å². The number of nitrogens with zero attached hydrogens (tertiary/aromatic N) is 1. The second-order valence-corrected chi connectivity index (χ2v) is 2.33. The molecule has 1 aromatic rings. The van der Waals surface area contributed by atoms with Crippen LogP contribution in [0.2, 0.25) is 0 Å². The highest BCUT2D eigenvalue weighted by Crippen LogP contribution is 2.09. The molecule has 0 fully saturated rings. The summed E-state index contributed by atoms with van der Waals surface area (Å²) in [6.45, 7) is 2.58. The molecule has 1 rings (SSSR count). The summed E-state index contributed by atoms with van der Waals surface area (Å²) in [5.41, 5.74) is 1.00. The normalized spacial score (nSPS) is 9.42. The number of hydrogen-bond donors (Lipinski definition) is 1. The number of carboxylic acids is 1. The van der Waals surface area contributed by atoms with E-state index in [0.717, 1.165) is 5.69 Å². The third-order valence-electron chi connectivity index (χ3n) is 1.43. The zero-order valence-electron chi connectivity index (χ0n) is 6.82. The Morgan fingerprint density at radius 3 is 2.92 bits per heavy atom. The van der Waals surface area contributed by atoms with E-state index < -0.39 is 5.97 Å². The smallest absolute Gasteiger partial charge is 0.335 e. The van der Waals surface area contributed by atoms with Gasteiger partial charge in [0.2, 0.25) is 0 Å². The van der Waals surface area contributed by atoms with Gasteiger partial charge in [-0.05, 0) is 25.1 Å². The molecule has 3 nitrogen and oxygen atoms in total. The fraction of sp³-hybridized carbons (Fsp3) is 0.222. The predicted octanol–water partition coefficient (Wildman–Crippen LogP) is 1.64. The molecule has 0 saturated heterocycles. The zero-order valence-corrected chi connectivity index (χ0v) is 6.82. The van der Waals surface area contributed by atoms with Crippen LogP contribution in [0.3, 0.4) is 0 Å². The second kappa shape index (κ2) is 3.76. The molecule has 1 radical (unpaired) electrons. The summed E-state index contributed by atoms with van der Waals surface area (Å²) in [4.78, 5) is 10.5. The highest BCUT2D eigenvalue weighted by atomic mass is 16.4. The Labute approximate surface area is 71.0 Å². The standard InChI is InChI=1S/C9H10NO2/c1-2-10-8-5-3-4-7(6-8)9(11)12/h3-6H,2H2,1H3,(H,11,12). The van der Waals surface area contributed by atoms with E-state index in [4.69, 9.17) is 5.11 Å². The van der Waals surface area contributed by atoms with Gasteiger partial charge in [-0.15, -0.1) is 0 Å². The van der Waals surface area contributed by atoms with Gasteiger partial charge >= 0.3 is 5.97 Å². The van der Waals surface area contributed by atoms with Crippen molar-refractivity contribution in [3.63, 3.8) is 0 Å². The maximum atomic E-state index is 10.5. The van der Waals surface area contributed by atoms with Gasteiger partial charge in [0.1, 0.15) is 0 Å². The summed E-state index contributed by atoms with van der Waals surface area (Å²) >= 11 is 0. The molecule has 0 aliphatic carbocycles. The van der Waals surface area contributed by atoms with Gasteiger partial charge in [0.05, 0.1) is 11.3 Å². The first-order valence-corrected chi connectivity index (χ1v) is 3.75. The monoisotopic (exact) mass is 164 g/mol. The molecular formula is C9H10NO2. The van der Waals surface area contributed by atoms with Gasteiger partial charge in [-0.3, -0.25) is 5.32 Å². The third-order valence-corrected chi connectivity index (χ3v) is 1.43. The quantitative estimate of drug-likeness (QED) is 0.738. The molecule has 12 heavy (non-hydrogen) atoms. The number of benzene rings is 1. The number of aromatic carboxylic acids is 1. The highest BCUT2D eigenvalue weighted by Gasteiger charge is 2.02. The Hall–Kier alpha value is -1.51. The molecule has 0 aromatic heterocycles. The zero-order chi connectivity index (χ0) is 8.97. The summed E-state index contributed by atoms with van der Waals surface area (Å²) in [6.07, 6.45) is 0. The number of hydrogen-bond acceptors (Lipinski definition) is 1. The maximum absolute atomic E-state index is 10.5. The number of carbonyl (C=O) groups is 1. The summed E-state index contributed by atoms with van der Waals surface area (Å²) in [5.74, 6) is -0.914. The topological polar surface area (TPSA) is 51.4 Å². The van der Waals surface area contributed by atoms with Crippen LogP contribution in [0.15, 0.2) is 24.3 Å². The lowest BCUT2D eigenvalue weighted by Crippen LogP contribution is -1.99. The average Bonchev–Trinajstić information content (AvgIpc) is 2.05. The predicted molar refractivity (Wildman–Crippen MR) is 45.7 cm³/mol. The van der Waals surface area contributed by atoms with Crippen LogP contribution in [-0.2, 0) is 0 Å². The fourth-order valence-corrected chi connectivity index (χ4v) is 0.920. The van der Waals surface area contributed by atoms with E-state index in [1.807, 2.05) is 6.92 Å². The van der Waals surface area contributed by atoms with Crippen LogP contribution in [-0.4, -0.2) is 17.6 Å². The number of carboxylic acid groups (broad SMARTS) is 1. The van der Waals surface area contributed by atoms with Crippen LogP contribution in [0.25, 0.3) is 0 Å². The van der Waals surface area contributed by atoms with Crippen LogP contribution in [0, 0.1) is 0 Å². The van der Waals surface area contributed by atoms with Gasteiger partial charge in [0.15, 0.2) is 0 Å². The first-order valence-electron chi connectivity index (χ1n) is 3.75. The average molecular weight is 164 g/mol. The van der Waals surface area contributed by atoms with Crippen molar-refractivity contribution in [3.05, 3.63) is 29.8 Å². The highest BCUT2D eigenvalue weighted by molar-refractivity contribution is 5.88. The number of rotatable bonds is 3. The lowest BCUT2D eigenvalue weighted by atomic mass is 10.2. The van der Waals surface area contributed by atoms with Gasteiger partial charge in [-0.1, -0.05) is 6.07 Å². The minimum Gasteiger partial charge on any atom is -0.478 e. The van der Waals surface area contributed by atoms with Crippen molar-refractivity contribution in [1.82, 2.24) is 5.32 Å². The molecule has 0 atom stereocenters. The molecule has 1 N–H and O–H groups in total. The molecule has 0 amide bonds. The van der Waals surface area contributed by atoms with E-state index in [1.54, 1.807) is 24.3 Å². The van der Waals surface area contributed by atoms with Crippen molar-refractivity contribution < 1.29 is 9.90 Å². The Morgan fingerprint density at radius 2 is 2.33 bits per heavy atom. The van der Waals surface area contributed by atoms with Crippen molar-refractivity contribution in [2.24, 2.45) is 0 Å². The van der Waals surface area contributed by atoms with Crippen molar-refractivity contribution in [2.45, 2.75) is 6.92 Å². The Kier molecular flexibility index (Phi) is 2.69. The molecule has 0 aliphatic heterocycles. The summed E-state index contributed by atoms with van der Waals surface area (Å²) in [6, 6.07) is 6.59. The molecular weight excluding hydrogens is 154 g/mol. The van der Waals surface area contributed by atoms with E-state index in [-0.39, 0.29) is 5.56 Å². The van der Waals surface area contributed by atoms with Gasteiger partial charge in [0, 0.05) is 6.54 Å². The van der Waals surface area contributed by atoms with Gasteiger partial charge < -0.3 is 5.11 Å². The Morgan fingerprint density at radius 1 is 1.58 bits per heavy atom. The molecule has 0 heterocycles. The lowest BCUT2D eigenvalue weighted by molar-refractivity contribution is 0.0697. The minimum absolute atomic E-state index is 0.282. The van der Waals surface area contributed by atoms with Crippen LogP contribution in [0.1, 0.15) is 17.3 Å². The first kappa shape index (κ1) is 8.59. The van der Waals surface area contributed by atoms with Gasteiger partial charge in [0.25, 0.3) is 0 Å². The SMILES string of the molecule is CC[N]c1cccc(C(=O)O)c1. The van der Waals surface area contributed by atoms with E-state index in [1.165, 1.54) is 0 Å². The molecule has 0 aliphatic rings. The molecule has 3 heteroatoms. The molecule has 0 bridgehead atoms. The van der Waals surface area contributed by atoms with Crippen molar-refractivity contribution >= 4 is 11.7 Å². The van der Waals surface area contributed by atoms with Crippen LogP contribution < -0.4 is 5.32 Å². The van der Waals surface area contributed by atoms with Gasteiger partial charge in [-0.25, -0.2) is 4.79 Å². The van der Waals surface area contributed by atoms with Gasteiger partial charge in [-0.2, -0.15) is 0 Å². The first-order chi connectivity index (χ1) is 5.74. The van der Waals surface area contributed by atoms with Crippen molar-refractivity contribution in [2.75, 3.05) is 6.54 Å². The minimum atomic E-state index is -0.914. The summed E-state index contributed by atoms with van der Waals surface area (Å²) < 4.78 is 0. The van der Waals surface area contributed by atoms with E-state index in [0.29, 0.717) is 6.54 Å². The summed E-state index contributed by atoms with van der Waals surface area (Å²) in [5, 5.41) is 12.7. The second-order valence-electron chi connectivity index (χ2n) is 2.33. The summed E-state index contributed by atoms with van der Waals surface area (Å²) in [7, 11) is 0. The van der Waals surface area contributed by atoms with Crippen molar-refractivity contribution in [3.8, 4) is 0 Å². The van der Waals surface area contributed by atoms with E-state index in [9.17, 15) is 4.79 Å². The lowest BCUT2D eigenvalue weighted by Gasteiger charge is -1.99. The fourth-order valence-electron chi connectivity index (χ4n) is 0.920. The van der Waals surface area contributed by atoms with Crippen LogP contribution in [0.4, 0.5) is 5.69 Å². The third kappa shape index (κ3) is 1.99. The molecule has 0 saturated carbocycles. The molecule has 1 aromatic carbocycles.